The van der Waals surface area contributed by atoms with Crippen LogP contribution in [0.5, 0.6) is 0 Å². The zero-order valence-electron chi connectivity index (χ0n) is 11.0. The third-order valence-electron chi connectivity index (χ3n) is 3.28. The van der Waals surface area contributed by atoms with Gasteiger partial charge in [0.1, 0.15) is 6.61 Å². The Labute approximate surface area is 114 Å². The smallest absolute Gasteiger partial charge is 0.372 e. The van der Waals surface area contributed by atoms with Crippen LogP contribution in [0.3, 0.4) is 0 Å². The molecule has 0 aliphatic heterocycles. The lowest BCUT2D eigenvalue weighted by Gasteiger charge is -2.23. The van der Waals surface area contributed by atoms with Gasteiger partial charge in [-0.15, -0.1) is 0 Å². The average Bonchev–Trinajstić information content (AvgIpc) is 2.82. The van der Waals surface area contributed by atoms with Crippen molar-refractivity contribution in [2.45, 2.75) is 50.2 Å². The molecule has 1 fully saturated rings. The molecule has 1 aromatic rings. The first-order chi connectivity index (χ1) is 9.44. The van der Waals surface area contributed by atoms with E-state index in [2.05, 4.69) is 14.9 Å². The molecule has 1 saturated carbocycles. The third kappa shape index (κ3) is 4.75. The molecular weight excluding hydrogens is 275 g/mol. The third-order valence-corrected chi connectivity index (χ3v) is 3.28. The van der Waals surface area contributed by atoms with E-state index >= 15 is 0 Å². The Hall–Kier alpha value is -1.15. The summed E-state index contributed by atoms with van der Waals surface area (Å²) in [5, 5.41) is 3.76. The number of halogens is 3. The van der Waals surface area contributed by atoms with E-state index in [1.54, 1.807) is 0 Å². The summed E-state index contributed by atoms with van der Waals surface area (Å²) in [4.78, 5) is 4.21. The quantitative estimate of drug-likeness (QED) is 0.842. The molecule has 2 N–H and O–H groups in total. The summed E-state index contributed by atoms with van der Waals surface area (Å²) in [6, 6.07) is 0.152. The fraction of sp³-hybridized carbons (Fsp3) is 0.833. The zero-order valence-corrected chi connectivity index (χ0v) is 11.0. The molecule has 114 valence electrons. The molecule has 0 bridgehead atoms. The second-order valence-corrected chi connectivity index (χ2v) is 5.09. The lowest BCUT2D eigenvalue weighted by molar-refractivity contribution is -0.173. The summed E-state index contributed by atoms with van der Waals surface area (Å²) in [6.45, 7) is -1.34. The number of nitrogens with two attached hydrogens (primary N) is 1. The summed E-state index contributed by atoms with van der Waals surface area (Å²) < 4.78 is 45.3. The van der Waals surface area contributed by atoms with Gasteiger partial charge in [0.05, 0.1) is 6.61 Å². The molecule has 0 spiro atoms. The normalized spacial score (nSPS) is 24.0. The lowest BCUT2D eigenvalue weighted by atomic mass is 9.86. The summed E-state index contributed by atoms with van der Waals surface area (Å²) in [5.41, 5.74) is 5.89. The van der Waals surface area contributed by atoms with Crippen molar-refractivity contribution < 1.29 is 22.4 Å². The van der Waals surface area contributed by atoms with Crippen molar-refractivity contribution in [1.29, 1.82) is 0 Å². The minimum absolute atomic E-state index is 0.0807. The standard InChI is InChI=1S/C12H18F3N3O2/c13-12(14,15)7-19-5-4-10-17-11(20-18-10)8-2-1-3-9(16)6-8/h8-9H,1-7,16H2. The van der Waals surface area contributed by atoms with Crippen LogP contribution in [0, 0.1) is 0 Å². The highest BCUT2D eigenvalue weighted by Gasteiger charge is 2.28. The SMILES string of the molecule is NC1CCCC(c2nc(CCOCC(F)(F)F)no2)C1. The molecule has 0 aromatic carbocycles. The molecule has 8 heteroatoms. The van der Waals surface area contributed by atoms with Crippen LogP contribution in [-0.2, 0) is 11.2 Å². The number of nitrogens with zero attached hydrogens (tertiary/aromatic N) is 2. The van der Waals surface area contributed by atoms with Crippen LogP contribution >= 0.6 is 0 Å². The number of hydrogen-bond acceptors (Lipinski definition) is 5. The highest BCUT2D eigenvalue weighted by molar-refractivity contribution is 4.97. The van der Waals surface area contributed by atoms with Crippen LogP contribution in [0.15, 0.2) is 4.52 Å². The van der Waals surface area contributed by atoms with Gasteiger partial charge in [-0.2, -0.15) is 18.2 Å². The van der Waals surface area contributed by atoms with Gasteiger partial charge in [-0.05, 0) is 19.3 Å². The number of alkyl halides is 3. The van der Waals surface area contributed by atoms with Gasteiger partial charge in [-0.1, -0.05) is 11.6 Å². The van der Waals surface area contributed by atoms with E-state index < -0.39 is 12.8 Å². The fourth-order valence-electron chi connectivity index (χ4n) is 2.34. The molecule has 0 saturated heterocycles. The second-order valence-electron chi connectivity index (χ2n) is 5.09. The van der Waals surface area contributed by atoms with E-state index in [1.165, 1.54) is 0 Å². The molecule has 2 unspecified atom stereocenters. The Morgan fingerprint density at radius 2 is 2.15 bits per heavy atom. The molecule has 20 heavy (non-hydrogen) atoms. The maximum Gasteiger partial charge on any atom is 0.411 e. The number of ether oxygens (including phenoxy) is 1. The monoisotopic (exact) mass is 293 g/mol. The van der Waals surface area contributed by atoms with Crippen LogP contribution in [0.1, 0.15) is 43.3 Å². The van der Waals surface area contributed by atoms with Crippen molar-refractivity contribution in [3.05, 3.63) is 11.7 Å². The van der Waals surface area contributed by atoms with Crippen LogP contribution < -0.4 is 5.73 Å². The van der Waals surface area contributed by atoms with Crippen molar-refractivity contribution in [3.63, 3.8) is 0 Å². The van der Waals surface area contributed by atoms with Gasteiger partial charge < -0.3 is 15.0 Å². The van der Waals surface area contributed by atoms with Crippen molar-refractivity contribution in [3.8, 4) is 0 Å². The maximum absolute atomic E-state index is 11.9. The average molecular weight is 293 g/mol. The van der Waals surface area contributed by atoms with Crippen LogP contribution in [0.4, 0.5) is 13.2 Å². The van der Waals surface area contributed by atoms with E-state index in [1.807, 2.05) is 0 Å². The Bertz CT molecular complexity index is 422. The van der Waals surface area contributed by atoms with E-state index in [0.29, 0.717) is 11.7 Å². The molecule has 1 aromatic heterocycles. The Morgan fingerprint density at radius 1 is 1.35 bits per heavy atom. The van der Waals surface area contributed by atoms with E-state index in [4.69, 9.17) is 10.3 Å². The van der Waals surface area contributed by atoms with E-state index in [-0.39, 0.29) is 25.0 Å². The molecule has 2 rings (SSSR count). The predicted octanol–water partition coefficient (Wildman–Crippen LogP) is 2.18. The van der Waals surface area contributed by atoms with Gasteiger partial charge in [0.15, 0.2) is 5.82 Å². The second kappa shape index (κ2) is 6.53. The minimum atomic E-state index is -4.30. The molecule has 2 atom stereocenters. The maximum atomic E-state index is 11.9. The number of hydrogen-bond donors (Lipinski definition) is 1. The summed E-state index contributed by atoms with van der Waals surface area (Å²) in [7, 11) is 0. The van der Waals surface area contributed by atoms with Crippen LogP contribution in [0.25, 0.3) is 0 Å². The summed E-state index contributed by atoms with van der Waals surface area (Å²) >= 11 is 0. The van der Waals surface area contributed by atoms with E-state index in [9.17, 15) is 13.2 Å². The molecule has 0 amide bonds. The van der Waals surface area contributed by atoms with Crippen LogP contribution in [0.2, 0.25) is 0 Å². The van der Waals surface area contributed by atoms with Gasteiger partial charge >= 0.3 is 6.18 Å². The first-order valence-electron chi connectivity index (χ1n) is 6.66. The number of aromatic nitrogens is 2. The topological polar surface area (TPSA) is 74.2 Å². The van der Waals surface area contributed by atoms with Gasteiger partial charge in [-0.25, -0.2) is 0 Å². The van der Waals surface area contributed by atoms with Crippen molar-refractivity contribution in [2.24, 2.45) is 5.73 Å². The van der Waals surface area contributed by atoms with Gasteiger partial charge in [-0.3, -0.25) is 0 Å². The first-order valence-corrected chi connectivity index (χ1v) is 6.66. The van der Waals surface area contributed by atoms with Gasteiger partial charge in [0.25, 0.3) is 0 Å². The predicted molar refractivity (Wildman–Crippen MR) is 64.1 cm³/mol. The minimum Gasteiger partial charge on any atom is -0.372 e. The Morgan fingerprint density at radius 3 is 2.85 bits per heavy atom. The zero-order chi connectivity index (χ0) is 14.6. The number of rotatable bonds is 5. The molecule has 5 nitrogen and oxygen atoms in total. The summed E-state index contributed by atoms with van der Waals surface area (Å²) in [6.07, 6.45) is -0.299. The first kappa shape index (κ1) is 15.2. The molecule has 1 aliphatic carbocycles. The fourth-order valence-corrected chi connectivity index (χ4v) is 2.34. The molecule has 0 radical (unpaired) electrons. The molecular formula is C12H18F3N3O2. The van der Waals surface area contributed by atoms with Gasteiger partial charge in [0, 0.05) is 18.4 Å². The summed E-state index contributed by atoms with van der Waals surface area (Å²) in [5.74, 6) is 1.07. The van der Waals surface area contributed by atoms with Crippen LogP contribution in [-0.4, -0.2) is 35.6 Å². The van der Waals surface area contributed by atoms with Crippen molar-refractivity contribution in [2.75, 3.05) is 13.2 Å². The lowest BCUT2D eigenvalue weighted by Crippen LogP contribution is -2.26. The van der Waals surface area contributed by atoms with Crippen molar-refractivity contribution in [1.82, 2.24) is 10.1 Å². The van der Waals surface area contributed by atoms with E-state index in [0.717, 1.165) is 25.7 Å². The Kier molecular flexibility index (Phi) is 4.98. The van der Waals surface area contributed by atoms with Gasteiger partial charge in [0.2, 0.25) is 5.89 Å². The largest absolute Gasteiger partial charge is 0.411 e. The Balaban J connectivity index is 1.77. The molecule has 1 heterocycles. The highest BCUT2D eigenvalue weighted by atomic mass is 19.4. The van der Waals surface area contributed by atoms with Crippen molar-refractivity contribution >= 4 is 0 Å². The molecule has 1 aliphatic rings. The highest BCUT2D eigenvalue weighted by Crippen LogP contribution is 2.31.